The molecular weight excluding hydrogens is 214 g/mol. The van der Waals surface area contributed by atoms with E-state index in [1.165, 1.54) is 0 Å². The topological polar surface area (TPSA) is 39.2 Å². The molecule has 0 fully saturated rings. The van der Waals surface area contributed by atoms with Gasteiger partial charge in [0.25, 0.3) is 0 Å². The van der Waals surface area contributed by atoms with Gasteiger partial charge in [0.1, 0.15) is 5.75 Å². The van der Waals surface area contributed by atoms with E-state index >= 15 is 0 Å². The molecule has 0 bridgehead atoms. The van der Waals surface area contributed by atoms with Gasteiger partial charge in [0.05, 0.1) is 12.2 Å². The first-order valence-electron chi connectivity index (χ1n) is 5.46. The molecular formula is C14H13NO2. The van der Waals surface area contributed by atoms with Gasteiger partial charge >= 0.3 is 0 Å². The number of ether oxygens (including phenoxy) is 1. The first kappa shape index (κ1) is 11.3. The van der Waals surface area contributed by atoms with Gasteiger partial charge in [-0.3, -0.25) is 9.78 Å². The molecule has 2 rings (SSSR count). The fraction of sp³-hybridized carbons (Fsp3) is 0.143. The number of nitrogens with zero attached hydrogens (tertiary/aromatic N) is 1. The average molecular weight is 227 g/mol. The maximum atomic E-state index is 10.8. The highest BCUT2D eigenvalue weighted by Gasteiger charge is 2.01. The Morgan fingerprint density at radius 1 is 1.18 bits per heavy atom. The lowest BCUT2D eigenvalue weighted by atomic mass is 10.2. The summed E-state index contributed by atoms with van der Waals surface area (Å²) >= 11 is 0. The zero-order valence-corrected chi connectivity index (χ0v) is 9.37. The molecule has 2 aromatic rings. The molecule has 0 aliphatic rings. The van der Waals surface area contributed by atoms with Crippen LogP contribution in [-0.4, -0.2) is 17.9 Å². The number of hydrogen-bond acceptors (Lipinski definition) is 3. The summed E-state index contributed by atoms with van der Waals surface area (Å²) in [5.41, 5.74) is 1.70. The number of para-hydroxylation sites is 1. The summed E-state index contributed by atoms with van der Waals surface area (Å²) < 4.78 is 5.57. The van der Waals surface area contributed by atoms with E-state index in [1.54, 1.807) is 18.3 Å². The fourth-order valence-electron chi connectivity index (χ4n) is 1.53. The molecule has 0 aliphatic carbocycles. The van der Waals surface area contributed by atoms with Crippen LogP contribution >= 0.6 is 0 Å². The van der Waals surface area contributed by atoms with Gasteiger partial charge in [-0.15, -0.1) is 0 Å². The van der Waals surface area contributed by atoms with E-state index in [0.29, 0.717) is 17.9 Å². The highest BCUT2D eigenvalue weighted by molar-refractivity contribution is 5.79. The van der Waals surface area contributed by atoms with E-state index in [9.17, 15) is 4.79 Å². The predicted molar refractivity (Wildman–Crippen MR) is 65.3 cm³/mol. The number of carbonyl (C=O) groups is 1. The number of carbonyl (C=O) groups excluding carboxylic acids is 1. The minimum atomic E-state index is 0.538. The summed E-state index contributed by atoms with van der Waals surface area (Å²) in [7, 11) is 0. The second-order valence-corrected chi connectivity index (χ2v) is 3.62. The summed E-state index contributed by atoms with van der Waals surface area (Å²) in [5.74, 6) is 0.631. The standard InChI is InChI=1S/C14H13NO2/c16-11-13-5-1-2-6-14(13)17-9-7-12-4-3-8-15-10-12/h1-6,8,10-11H,7,9H2. The lowest BCUT2D eigenvalue weighted by Crippen LogP contribution is -2.03. The number of pyridine rings is 1. The molecule has 0 amide bonds. The SMILES string of the molecule is O=Cc1ccccc1OCCc1cccnc1. The molecule has 86 valence electrons. The lowest BCUT2D eigenvalue weighted by Gasteiger charge is -2.07. The van der Waals surface area contributed by atoms with Crippen LogP contribution in [0.3, 0.4) is 0 Å². The van der Waals surface area contributed by atoms with Gasteiger partial charge < -0.3 is 4.74 Å². The number of aldehydes is 1. The predicted octanol–water partition coefficient (Wildman–Crippen LogP) is 2.52. The molecule has 3 nitrogen and oxygen atoms in total. The highest BCUT2D eigenvalue weighted by atomic mass is 16.5. The van der Waals surface area contributed by atoms with Crippen molar-refractivity contribution in [1.29, 1.82) is 0 Å². The van der Waals surface area contributed by atoms with E-state index in [1.807, 2.05) is 30.5 Å². The van der Waals surface area contributed by atoms with Gasteiger partial charge in [-0.25, -0.2) is 0 Å². The Balaban J connectivity index is 1.92. The molecule has 17 heavy (non-hydrogen) atoms. The van der Waals surface area contributed by atoms with E-state index in [4.69, 9.17) is 4.74 Å². The molecule has 3 heteroatoms. The van der Waals surface area contributed by atoms with Crippen molar-refractivity contribution in [2.24, 2.45) is 0 Å². The Morgan fingerprint density at radius 2 is 2.06 bits per heavy atom. The van der Waals surface area contributed by atoms with Crippen molar-refractivity contribution < 1.29 is 9.53 Å². The Labute approximate surface area is 100 Å². The molecule has 0 N–H and O–H groups in total. The van der Waals surface area contributed by atoms with Gasteiger partial charge in [-0.2, -0.15) is 0 Å². The van der Waals surface area contributed by atoms with Crippen LogP contribution in [-0.2, 0) is 6.42 Å². The van der Waals surface area contributed by atoms with Crippen LogP contribution in [0.2, 0.25) is 0 Å². The fourth-order valence-corrected chi connectivity index (χ4v) is 1.53. The van der Waals surface area contributed by atoms with Gasteiger partial charge in [-0.05, 0) is 23.8 Å². The number of rotatable bonds is 5. The maximum Gasteiger partial charge on any atom is 0.153 e. The monoisotopic (exact) mass is 227 g/mol. The molecule has 0 saturated heterocycles. The normalized spacial score (nSPS) is 9.88. The van der Waals surface area contributed by atoms with Crippen molar-refractivity contribution in [1.82, 2.24) is 4.98 Å². The van der Waals surface area contributed by atoms with Crippen LogP contribution in [0.5, 0.6) is 5.75 Å². The third-order valence-corrected chi connectivity index (χ3v) is 2.42. The van der Waals surface area contributed by atoms with Crippen LogP contribution < -0.4 is 4.74 Å². The van der Waals surface area contributed by atoms with E-state index in [-0.39, 0.29) is 0 Å². The van der Waals surface area contributed by atoms with E-state index < -0.39 is 0 Å². The largest absolute Gasteiger partial charge is 0.492 e. The number of benzene rings is 1. The molecule has 0 radical (unpaired) electrons. The van der Waals surface area contributed by atoms with Crippen molar-refractivity contribution in [3.63, 3.8) is 0 Å². The molecule has 1 aromatic heterocycles. The van der Waals surface area contributed by atoms with Crippen molar-refractivity contribution >= 4 is 6.29 Å². The second kappa shape index (κ2) is 5.80. The maximum absolute atomic E-state index is 10.8. The van der Waals surface area contributed by atoms with Crippen molar-refractivity contribution in [2.45, 2.75) is 6.42 Å². The van der Waals surface area contributed by atoms with Gasteiger partial charge in [0, 0.05) is 18.8 Å². The summed E-state index contributed by atoms with van der Waals surface area (Å²) in [5, 5.41) is 0. The Kier molecular flexibility index (Phi) is 3.86. The first-order valence-corrected chi connectivity index (χ1v) is 5.46. The van der Waals surface area contributed by atoms with Gasteiger partial charge in [0.2, 0.25) is 0 Å². The van der Waals surface area contributed by atoms with E-state index in [0.717, 1.165) is 18.3 Å². The molecule has 0 atom stereocenters. The summed E-state index contributed by atoms with van der Waals surface area (Å²) in [6.07, 6.45) is 5.14. The zero-order valence-electron chi connectivity index (χ0n) is 9.37. The first-order chi connectivity index (χ1) is 8.40. The minimum Gasteiger partial charge on any atom is -0.492 e. The van der Waals surface area contributed by atoms with Crippen LogP contribution in [0.1, 0.15) is 15.9 Å². The smallest absolute Gasteiger partial charge is 0.153 e. The highest BCUT2D eigenvalue weighted by Crippen LogP contribution is 2.15. The van der Waals surface area contributed by atoms with Gasteiger partial charge in [0.15, 0.2) is 6.29 Å². The summed E-state index contributed by atoms with van der Waals surface area (Å²) in [6.45, 7) is 0.538. The molecule has 1 heterocycles. The third kappa shape index (κ3) is 3.14. The molecule has 1 aromatic carbocycles. The molecule has 0 unspecified atom stereocenters. The van der Waals surface area contributed by atoms with Gasteiger partial charge in [-0.1, -0.05) is 18.2 Å². The second-order valence-electron chi connectivity index (χ2n) is 3.62. The molecule has 0 spiro atoms. The van der Waals surface area contributed by atoms with Crippen molar-refractivity contribution in [3.05, 3.63) is 59.9 Å². The molecule has 0 aliphatic heterocycles. The van der Waals surface area contributed by atoms with Crippen molar-refractivity contribution in [3.8, 4) is 5.75 Å². The molecule has 0 saturated carbocycles. The van der Waals surface area contributed by atoms with Crippen LogP contribution in [0.15, 0.2) is 48.8 Å². The zero-order chi connectivity index (χ0) is 11.9. The van der Waals surface area contributed by atoms with Crippen LogP contribution in [0, 0.1) is 0 Å². The number of hydrogen-bond donors (Lipinski definition) is 0. The minimum absolute atomic E-state index is 0.538. The van der Waals surface area contributed by atoms with Crippen LogP contribution in [0.25, 0.3) is 0 Å². The summed E-state index contributed by atoms with van der Waals surface area (Å²) in [4.78, 5) is 14.8. The summed E-state index contributed by atoms with van der Waals surface area (Å²) in [6, 6.07) is 11.1. The Hall–Kier alpha value is -2.16. The number of aromatic nitrogens is 1. The average Bonchev–Trinajstić information content (AvgIpc) is 2.40. The van der Waals surface area contributed by atoms with Crippen molar-refractivity contribution in [2.75, 3.05) is 6.61 Å². The van der Waals surface area contributed by atoms with Crippen LogP contribution in [0.4, 0.5) is 0 Å². The Bertz CT molecular complexity index is 483. The Morgan fingerprint density at radius 3 is 2.82 bits per heavy atom. The quantitative estimate of drug-likeness (QED) is 0.737. The van der Waals surface area contributed by atoms with E-state index in [2.05, 4.69) is 4.98 Å². The lowest BCUT2D eigenvalue weighted by molar-refractivity contribution is 0.111. The third-order valence-electron chi connectivity index (χ3n) is 2.42.